The molecule has 0 saturated heterocycles. The highest BCUT2D eigenvalue weighted by Gasteiger charge is 1.91. The van der Waals surface area contributed by atoms with Crippen LogP contribution in [-0.4, -0.2) is 17.2 Å². The minimum atomic E-state index is 0.307. The number of carbonyl (C=O) groups is 1. The molecule has 0 atom stereocenters. The van der Waals surface area contributed by atoms with E-state index >= 15 is 0 Å². The lowest BCUT2D eigenvalue weighted by molar-refractivity contribution is 0.111. The molecule has 0 aliphatic rings. The summed E-state index contributed by atoms with van der Waals surface area (Å²) < 4.78 is 0. The number of aromatic nitrogens is 1. The second-order valence-electron chi connectivity index (χ2n) is 1.90. The van der Waals surface area contributed by atoms with E-state index < -0.39 is 0 Å². The standard InChI is InChI=1S/C8H6ClNO/c9-3-1-2-7-4-8(6-11)10-5-7/h4-6,10H,3H2. The summed E-state index contributed by atoms with van der Waals surface area (Å²) in [6.07, 6.45) is 2.41. The Morgan fingerprint density at radius 2 is 2.55 bits per heavy atom. The van der Waals surface area contributed by atoms with Gasteiger partial charge in [0.15, 0.2) is 6.29 Å². The van der Waals surface area contributed by atoms with E-state index in [0.717, 1.165) is 11.8 Å². The maximum absolute atomic E-state index is 10.2. The zero-order valence-corrected chi connectivity index (χ0v) is 6.48. The molecule has 0 aromatic carbocycles. The number of aromatic amines is 1. The first-order valence-corrected chi connectivity index (χ1v) is 3.58. The minimum absolute atomic E-state index is 0.307. The Hall–Kier alpha value is -1.20. The number of halogens is 1. The van der Waals surface area contributed by atoms with Gasteiger partial charge in [-0.15, -0.1) is 11.6 Å². The first-order valence-electron chi connectivity index (χ1n) is 3.05. The molecule has 11 heavy (non-hydrogen) atoms. The molecule has 0 aliphatic heterocycles. The fourth-order valence-corrected chi connectivity index (χ4v) is 0.754. The predicted molar refractivity (Wildman–Crippen MR) is 43.8 cm³/mol. The number of hydrogen-bond donors (Lipinski definition) is 1. The van der Waals surface area contributed by atoms with E-state index in [1.165, 1.54) is 0 Å². The van der Waals surface area contributed by atoms with Crippen molar-refractivity contribution in [2.75, 3.05) is 5.88 Å². The van der Waals surface area contributed by atoms with Crippen LogP contribution in [0.2, 0.25) is 0 Å². The summed E-state index contributed by atoms with van der Waals surface area (Å²) in [6.45, 7) is 0. The molecule has 1 N–H and O–H groups in total. The quantitative estimate of drug-likeness (QED) is 0.383. The van der Waals surface area contributed by atoms with Crippen molar-refractivity contribution < 1.29 is 4.79 Å². The van der Waals surface area contributed by atoms with Crippen molar-refractivity contribution in [2.45, 2.75) is 0 Å². The Morgan fingerprint density at radius 1 is 1.73 bits per heavy atom. The summed E-state index contributed by atoms with van der Waals surface area (Å²) in [4.78, 5) is 12.9. The van der Waals surface area contributed by atoms with Gasteiger partial charge in [-0.25, -0.2) is 0 Å². The molecule has 0 fully saturated rings. The molecule has 0 radical (unpaired) electrons. The maximum Gasteiger partial charge on any atom is 0.166 e. The van der Waals surface area contributed by atoms with Crippen LogP contribution in [0.3, 0.4) is 0 Å². The molecule has 2 nitrogen and oxygen atoms in total. The molecular weight excluding hydrogens is 162 g/mol. The summed E-state index contributed by atoms with van der Waals surface area (Å²) >= 11 is 5.34. The van der Waals surface area contributed by atoms with E-state index in [9.17, 15) is 4.79 Å². The molecular formula is C8H6ClNO. The van der Waals surface area contributed by atoms with Crippen LogP contribution in [0.5, 0.6) is 0 Å². The molecule has 1 rings (SSSR count). The van der Waals surface area contributed by atoms with Gasteiger partial charge >= 0.3 is 0 Å². The number of rotatable bonds is 1. The van der Waals surface area contributed by atoms with Gasteiger partial charge < -0.3 is 4.98 Å². The number of nitrogens with one attached hydrogen (secondary N) is 1. The molecule has 1 aromatic heterocycles. The van der Waals surface area contributed by atoms with Gasteiger partial charge in [0.1, 0.15) is 0 Å². The SMILES string of the molecule is O=Cc1cc(C#CCCl)c[nH]1. The number of H-pyrrole nitrogens is 1. The van der Waals surface area contributed by atoms with Crippen molar-refractivity contribution in [3.05, 3.63) is 23.5 Å². The zero-order chi connectivity index (χ0) is 8.10. The van der Waals surface area contributed by atoms with E-state index in [4.69, 9.17) is 11.6 Å². The van der Waals surface area contributed by atoms with Crippen molar-refractivity contribution in [1.82, 2.24) is 4.98 Å². The number of carbonyl (C=O) groups excluding carboxylic acids is 1. The van der Waals surface area contributed by atoms with Crippen LogP contribution in [0.25, 0.3) is 0 Å². The van der Waals surface area contributed by atoms with Crippen molar-refractivity contribution in [1.29, 1.82) is 0 Å². The highest BCUT2D eigenvalue weighted by Crippen LogP contribution is 1.98. The molecule has 0 aliphatic carbocycles. The minimum Gasteiger partial charge on any atom is -0.358 e. The van der Waals surface area contributed by atoms with Gasteiger partial charge in [-0.3, -0.25) is 4.79 Å². The molecule has 56 valence electrons. The Labute approximate surface area is 69.6 Å². The van der Waals surface area contributed by atoms with Crippen molar-refractivity contribution >= 4 is 17.9 Å². The molecule has 0 spiro atoms. The number of aldehydes is 1. The second kappa shape index (κ2) is 3.85. The lowest BCUT2D eigenvalue weighted by Crippen LogP contribution is -1.73. The van der Waals surface area contributed by atoms with Crippen LogP contribution in [-0.2, 0) is 0 Å². The van der Waals surface area contributed by atoms with E-state index in [1.807, 2.05) is 0 Å². The average molecular weight is 168 g/mol. The Kier molecular flexibility index (Phi) is 2.76. The molecule has 0 saturated carbocycles. The second-order valence-corrected chi connectivity index (χ2v) is 2.16. The predicted octanol–water partition coefficient (Wildman–Crippen LogP) is 1.42. The third kappa shape index (κ3) is 2.14. The molecule has 1 heterocycles. The van der Waals surface area contributed by atoms with Crippen molar-refractivity contribution in [3.63, 3.8) is 0 Å². The number of alkyl halides is 1. The molecule has 0 unspecified atom stereocenters. The highest BCUT2D eigenvalue weighted by molar-refractivity contribution is 6.19. The molecule has 0 bridgehead atoms. The van der Waals surface area contributed by atoms with E-state index in [0.29, 0.717) is 11.6 Å². The van der Waals surface area contributed by atoms with Gasteiger partial charge in [0, 0.05) is 11.8 Å². The third-order valence-electron chi connectivity index (χ3n) is 1.13. The van der Waals surface area contributed by atoms with Crippen molar-refractivity contribution in [2.24, 2.45) is 0 Å². The summed E-state index contributed by atoms with van der Waals surface area (Å²) in [5, 5.41) is 0. The van der Waals surface area contributed by atoms with Crippen LogP contribution in [0.15, 0.2) is 12.3 Å². The summed E-state index contributed by atoms with van der Waals surface area (Å²) in [6, 6.07) is 1.67. The van der Waals surface area contributed by atoms with Crippen LogP contribution in [0, 0.1) is 11.8 Å². The molecule has 0 amide bonds. The van der Waals surface area contributed by atoms with Gasteiger partial charge in [0.05, 0.1) is 11.6 Å². The van der Waals surface area contributed by atoms with Crippen LogP contribution in [0.4, 0.5) is 0 Å². The van der Waals surface area contributed by atoms with Crippen molar-refractivity contribution in [3.8, 4) is 11.8 Å². The van der Waals surface area contributed by atoms with Gasteiger partial charge in [0.2, 0.25) is 0 Å². The van der Waals surface area contributed by atoms with Crippen LogP contribution < -0.4 is 0 Å². The summed E-state index contributed by atoms with van der Waals surface area (Å²) in [5.74, 6) is 5.77. The Bertz CT molecular complexity index is 305. The topological polar surface area (TPSA) is 32.9 Å². The Balaban J connectivity index is 2.80. The lowest BCUT2D eigenvalue weighted by Gasteiger charge is -1.73. The van der Waals surface area contributed by atoms with Gasteiger partial charge in [-0.05, 0) is 6.07 Å². The van der Waals surface area contributed by atoms with Crippen LogP contribution in [0.1, 0.15) is 16.1 Å². The smallest absolute Gasteiger partial charge is 0.166 e. The highest BCUT2D eigenvalue weighted by atomic mass is 35.5. The van der Waals surface area contributed by atoms with E-state index in [2.05, 4.69) is 16.8 Å². The van der Waals surface area contributed by atoms with E-state index in [1.54, 1.807) is 12.3 Å². The van der Waals surface area contributed by atoms with E-state index in [-0.39, 0.29) is 0 Å². The summed E-state index contributed by atoms with van der Waals surface area (Å²) in [5.41, 5.74) is 1.32. The summed E-state index contributed by atoms with van der Waals surface area (Å²) in [7, 11) is 0. The fourth-order valence-electron chi connectivity index (χ4n) is 0.688. The van der Waals surface area contributed by atoms with Gasteiger partial charge in [-0.1, -0.05) is 11.8 Å². The zero-order valence-electron chi connectivity index (χ0n) is 5.73. The first kappa shape index (κ1) is 7.90. The third-order valence-corrected chi connectivity index (χ3v) is 1.27. The average Bonchev–Trinajstić information content (AvgIpc) is 2.48. The van der Waals surface area contributed by atoms with Gasteiger partial charge in [-0.2, -0.15) is 0 Å². The van der Waals surface area contributed by atoms with Gasteiger partial charge in [0.25, 0.3) is 0 Å². The Morgan fingerprint density at radius 3 is 3.09 bits per heavy atom. The normalized spacial score (nSPS) is 8.45. The monoisotopic (exact) mass is 167 g/mol. The largest absolute Gasteiger partial charge is 0.358 e. The molecule has 3 heteroatoms. The fraction of sp³-hybridized carbons (Fsp3) is 0.125. The van der Waals surface area contributed by atoms with Crippen LogP contribution >= 0.6 is 11.6 Å². The first-order chi connectivity index (χ1) is 5.36. The lowest BCUT2D eigenvalue weighted by atomic mass is 10.3. The number of hydrogen-bond acceptors (Lipinski definition) is 1. The molecule has 1 aromatic rings. The maximum atomic E-state index is 10.2.